The molecular weight excluding hydrogens is 385 g/mol. The van der Waals surface area contributed by atoms with E-state index in [0.717, 1.165) is 24.0 Å². The van der Waals surface area contributed by atoms with E-state index in [1.54, 1.807) is 29.2 Å². The van der Waals surface area contributed by atoms with Crippen LogP contribution in [0.2, 0.25) is 10.0 Å². The monoisotopic (exact) mass is 403 g/mol. The number of carbonyl (C=O) groups excluding carboxylic acids is 2. The molecule has 4 rings (SSSR count). The lowest BCUT2D eigenvalue weighted by Crippen LogP contribution is -2.48. The first-order valence-corrected chi connectivity index (χ1v) is 9.79. The molecule has 0 saturated carbocycles. The Morgan fingerprint density at radius 2 is 1.85 bits per heavy atom. The lowest BCUT2D eigenvalue weighted by molar-refractivity contribution is -0.138. The molecule has 140 valence electrons. The minimum atomic E-state index is -0.719. The smallest absolute Gasteiger partial charge is 0.339 e. The highest BCUT2D eigenvalue weighted by molar-refractivity contribution is 6.36. The number of halogens is 2. The molecule has 0 aromatic heterocycles. The van der Waals surface area contributed by atoms with Crippen molar-refractivity contribution in [2.45, 2.75) is 31.3 Å². The van der Waals surface area contributed by atoms with E-state index < -0.39 is 5.60 Å². The SMILES string of the molecule is O=C1OC2(CCCN(C(=O)CCc3c(Cl)cccc3Cl)C2)c2ccccc21. The summed E-state index contributed by atoms with van der Waals surface area (Å²) in [5, 5.41) is 1.15. The van der Waals surface area contributed by atoms with Crippen molar-refractivity contribution in [3.05, 3.63) is 69.2 Å². The maximum Gasteiger partial charge on any atom is 0.339 e. The Kier molecular flexibility index (Phi) is 4.87. The largest absolute Gasteiger partial charge is 0.449 e. The van der Waals surface area contributed by atoms with Crippen LogP contribution in [-0.2, 0) is 21.6 Å². The van der Waals surface area contributed by atoms with Gasteiger partial charge in [-0.05, 0) is 43.0 Å². The van der Waals surface area contributed by atoms with E-state index >= 15 is 0 Å². The van der Waals surface area contributed by atoms with E-state index in [1.165, 1.54) is 0 Å². The molecule has 2 heterocycles. The molecule has 2 aromatic rings. The molecule has 2 aliphatic rings. The first kappa shape index (κ1) is 18.3. The Morgan fingerprint density at radius 1 is 1.11 bits per heavy atom. The maximum absolute atomic E-state index is 12.8. The number of rotatable bonds is 3. The molecule has 4 nitrogen and oxygen atoms in total. The van der Waals surface area contributed by atoms with Crippen molar-refractivity contribution in [1.82, 2.24) is 4.90 Å². The number of piperidine rings is 1. The third-order valence-electron chi connectivity index (χ3n) is 5.38. The Hall–Kier alpha value is -2.04. The molecule has 1 saturated heterocycles. The second-order valence-electron chi connectivity index (χ2n) is 7.05. The quantitative estimate of drug-likeness (QED) is 0.702. The Labute approximate surface area is 168 Å². The minimum absolute atomic E-state index is 0.0190. The summed E-state index contributed by atoms with van der Waals surface area (Å²) < 4.78 is 5.77. The summed E-state index contributed by atoms with van der Waals surface area (Å²) in [6, 6.07) is 12.8. The Balaban J connectivity index is 1.49. The van der Waals surface area contributed by atoms with Gasteiger partial charge in [0.15, 0.2) is 5.60 Å². The van der Waals surface area contributed by atoms with E-state index in [0.29, 0.717) is 41.5 Å². The molecule has 0 radical (unpaired) electrons. The van der Waals surface area contributed by atoms with Gasteiger partial charge in [-0.3, -0.25) is 4.79 Å². The number of hydrogen-bond acceptors (Lipinski definition) is 3. The van der Waals surface area contributed by atoms with Crippen LogP contribution >= 0.6 is 23.2 Å². The third-order valence-corrected chi connectivity index (χ3v) is 6.09. The second kappa shape index (κ2) is 7.17. The van der Waals surface area contributed by atoms with Gasteiger partial charge in [-0.1, -0.05) is 47.5 Å². The zero-order valence-electron chi connectivity index (χ0n) is 14.7. The van der Waals surface area contributed by atoms with Crippen LogP contribution in [0.25, 0.3) is 0 Å². The number of ether oxygens (including phenoxy) is 1. The van der Waals surface area contributed by atoms with Gasteiger partial charge < -0.3 is 9.64 Å². The summed E-state index contributed by atoms with van der Waals surface area (Å²) in [4.78, 5) is 26.9. The lowest BCUT2D eigenvalue weighted by atomic mass is 9.85. The predicted octanol–water partition coefficient (Wildman–Crippen LogP) is 4.61. The van der Waals surface area contributed by atoms with Crippen LogP contribution in [0.4, 0.5) is 0 Å². The van der Waals surface area contributed by atoms with Crippen molar-refractivity contribution in [2.75, 3.05) is 13.1 Å². The van der Waals surface area contributed by atoms with Crippen molar-refractivity contribution in [3.63, 3.8) is 0 Å². The molecule has 6 heteroatoms. The van der Waals surface area contributed by atoms with Crippen molar-refractivity contribution in [2.24, 2.45) is 0 Å². The van der Waals surface area contributed by atoms with Crippen LogP contribution < -0.4 is 0 Å². The van der Waals surface area contributed by atoms with Gasteiger partial charge in [0, 0.05) is 28.6 Å². The Bertz CT molecular complexity index is 894. The van der Waals surface area contributed by atoms with Crippen LogP contribution in [0, 0.1) is 0 Å². The van der Waals surface area contributed by atoms with Gasteiger partial charge in [-0.15, -0.1) is 0 Å². The van der Waals surface area contributed by atoms with Crippen LogP contribution in [0.15, 0.2) is 42.5 Å². The predicted molar refractivity (Wildman–Crippen MR) is 104 cm³/mol. The third kappa shape index (κ3) is 3.32. The van der Waals surface area contributed by atoms with Crippen LogP contribution in [0.3, 0.4) is 0 Å². The van der Waals surface area contributed by atoms with Crippen molar-refractivity contribution < 1.29 is 14.3 Å². The normalized spacial score (nSPS) is 21.3. The average Bonchev–Trinajstić information content (AvgIpc) is 2.93. The summed E-state index contributed by atoms with van der Waals surface area (Å²) in [6.45, 7) is 1.06. The first-order chi connectivity index (χ1) is 13.0. The zero-order chi connectivity index (χ0) is 19.0. The highest BCUT2D eigenvalue weighted by atomic mass is 35.5. The molecule has 1 amide bonds. The molecule has 1 fully saturated rings. The molecule has 1 spiro atoms. The fraction of sp³-hybridized carbons (Fsp3) is 0.333. The van der Waals surface area contributed by atoms with Gasteiger partial charge in [0.1, 0.15) is 0 Å². The molecule has 0 bridgehead atoms. The van der Waals surface area contributed by atoms with E-state index in [9.17, 15) is 9.59 Å². The number of nitrogens with zero attached hydrogens (tertiary/aromatic N) is 1. The molecule has 2 aromatic carbocycles. The van der Waals surface area contributed by atoms with Crippen molar-refractivity contribution >= 4 is 35.1 Å². The van der Waals surface area contributed by atoms with Crippen molar-refractivity contribution in [3.8, 4) is 0 Å². The summed E-state index contributed by atoms with van der Waals surface area (Å²) in [5.41, 5.74) is 1.57. The molecular formula is C21H19Cl2NO3. The van der Waals surface area contributed by atoms with E-state index in [2.05, 4.69) is 0 Å². The number of amides is 1. The Morgan fingerprint density at radius 3 is 2.63 bits per heavy atom. The zero-order valence-corrected chi connectivity index (χ0v) is 16.2. The number of likely N-dealkylation sites (tertiary alicyclic amines) is 1. The summed E-state index contributed by atoms with van der Waals surface area (Å²) in [6.07, 6.45) is 2.32. The van der Waals surface area contributed by atoms with E-state index in [4.69, 9.17) is 27.9 Å². The average molecular weight is 404 g/mol. The first-order valence-electron chi connectivity index (χ1n) is 9.04. The molecule has 0 aliphatic carbocycles. The maximum atomic E-state index is 12.8. The fourth-order valence-corrected chi connectivity index (χ4v) is 4.63. The lowest BCUT2D eigenvalue weighted by Gasteiger charge is -2.39. The van der Waals surface area contributed by atoms with E-state index in [1.807, 2.05) is 18.2 Å². The second-order valence-corrected chi connectivity index (χ2v) is 7.86. The minimum Gasteiger partial charge on any atom is -0.449 e. The van der Waals surface area contributed by atoms with Gasteiger partial charge in [-0.2, -0.15) is 0 Å². The summed E-state index contributed by atoms with van der Waals surface area (Å²) >= 11 is 12.4. The molecule has 27 heavy (non-hydrogen) atoms. The molecule has 1 atom stereocenters. The van der Waals surface area contributed by atoms with Gasteiger partial charge in [0.2, 0.25) is 5.91 Å². The van der Waals surface area contributed by atoms with E-state index in [-0.39, 0.29) is 11.9 Å². The number of hydrogen-bond donors (Lipinski definition) is 0. The molecule has 2 aliphatic heterocycles. The van der Waals surface area contributed by atoms with Gasteiger partial charge in [0.05, 0.1) is 12.1 Å². The fourth-order valence-electron chi connectivity index (χ4n) is 4.04. The summed E-state index contributed by atoms with van der Waals surface area (Å²) in [5.74, 6) is -0.284. The molecule has 0 N–H and O–H groups in total. The number of carbonyl (C=O) groups is 2. The highest BCUT2D eigenvalue weighted by Gasteiger charge is 2.48. The highest BCUT2D eigenvalue weighted by Crippen LogP contribution is 2.42. The number of esters is 1. The van der Waals surface area contributed by atoms with Crippen LogP contribution in [0.1, 0.15) is 40.7 Å². The van der Waals surface area contributed by atoms with Crippen LogP contribution in [-0.4, -0.2) is 29.9 Å². The summed E-state index contributed by atoms with van der Waals surface area (Å²) in [7, 11) is 0. The standard InChI is InChI=1S/C21H19Cl2NO3/c22-17-7-3-8-18(23)15(17)9-10-19(25)24-12-4-11-21(13-24)16-6-2-1-5-14(16)20(26)27-21/h1-3,5-8H,4,9-13H2. The van der Waals surface area contributed by atoms with Crippen LogP contribution in [0.5, 0.6) is 0 Å². The van der Waals surface area contributed by atoms with Gasteiger partial charge in [-0.25, -0.2) is 4.79 Å². The van der Waals surface area contributed by atoms with Gasteiger partial charge >= 0.3 is 5.97 Å². The molecule has 1 unspecified atom stereocenters. The number of fused-ring (bicyclic) bond motifs is 2. The topological polar surface area (TPSA) is 46.6 Å². The number of benzene rings is 2. The van der Waals surface area contributed by atoms with Gasteiger partial charge in [0.25, 0.3) is 0 Å². The van der Waals surface area contributed by atoms with Crippen molar-refractivity contribution in [1.29, 1.82) is 0 Å².